The molecule has 0 bridgehead atoms. The molecule has 1 N–H and O–H groups in total. The summed E-state index contributed by atoms with van der Waals surface area (Å²) in [6.45, 7) is 0. The summed E-state index contributed by atoms with van der Waals surface area (Å²) in [5.41, 5.74) is 1.77. The molecule has 16 heavy (non-hydrogen) atoms. The van der Waals surface area contributed by atoms with Crippen molar-refractivity contribution < 1.29 is 5.11 Å². The van der Waals surface area contributed by atoms with Crippen LogP contribution in [-0.4, -0.2) is 5.11 Å². The zero-order valence-corrected chi connectivity index (χ0v) is 13.5. The first-order valence-electron chi connectivity index (χ1n) is 4.44. The predicted octanol–water partition coefficient (Wildman–Crippen LogP) is 5.12. The highest BCUT2D eigenvalue weighted by Crippen LogP contribution is 2.34. The van der Waals surface area contributed by atoms with E-state index in [0.717, 1.165) is 24.5 Å². The number of hydrogen-bond acceptors (Lipinski definition) is 2. The van der Waals surface area contributed by atoms with Crippen molar-refractivity contribution in [2.45, 2.75) is 6.10 Å². The third-order valence-corrected chi connectivity index (χ3v) is 5.83. The highest BCUT2D eigenvalue weighted by molar-refractivity contribution is 9.13. The molecule has 1 atom stereocenters. The summed E-state index contributed by atoms with van der Waals surface area (Å²) in [6.07, 6.45) is -0.593. The van der Waals surface area contributed by atoms with E-state index in [0.29, 0.717) is 0 Å². The molecule has 0 spiro atoms. The van der Waals surface area contributed by atoms with Crippen LogP contribution in [0.25, 0.3) is 0 Å². The van der Waals surface area contributed by atoms with Crippen molar-refractivity contribution in [3.8, 4) is 0 Å². The van der Waals surface area contributed by atoms with Gasteiger partial charge in [-0.1, -0.05) is 6.07 Å². The molecule has 0 aliphatic carbocycles. The molecule has 5 heteroatoms. The van der Waals surface area contributed by atoms with E-state index in [-0.39, 0.29) is 0 Å². The smallest absolute Gasteiger partial charge is 0.106 e. The Morgan fingerprint density at radius 2 is 1.75 bits per heavy atom. The van der Waals surface area contributed by atoms with E-state index < -0.39 is 6.10 Å². The Morgan fingerprint density at radius 3 is 2.31 bits per heavy atom. The van der Waals surface area contributed by atoms with Crippen molar-refractivity contribution in [1.29, 1.82) is 0 Å². The van der Waals surface area contributed by atoms with Crippen molar-refractivity contribution in [2.24, 2.45) is 0 Å². The number of thiophene rings is 1. The maximum atomic E-state index is 10.2. The second-order valence-corrected chi connectivity index (χ2v) is 6.56. The van der Waals surface area contributed by atoms with Crippen molar-refractivity contribution in [3.63, 3.8) is 0 Å². The summed E-state index contributed by atoms with van der Waals surface area (Å²) in [5, 5.41) is 14.1. The minimum absolute atomic E-state index is 0.593. The quantitative estimate of drug-likeness (QED) is 0.706. The molecule has 0 radical (unpaired) electrons. The Balaban J connectivity index is 2.38. The largest absolute Gasteiger partial charge is 0.384 e. The van der Waals surface area contributed by atoms with Gasteiger partial charge in [-0.2, -0.15) is 11.3 Å². The fraction of sp³-hybridized carbons (Fsp3) is 0.0909. The van der Waals surface area contributed by atoms with Crippen LogP contribution in [0.2, 0.25) is 0 Å². The Kier molecular flexibility index (Phi) is 4.24. The molecule has 1 aromatic carbocycles. The number of rotatable bonds is 2. The van der Waals surface area contributed by atoms with Gasteiger partial charge < -0.3 is 5.11 Å². The first kappa shape index (κ1) is 12.8. The van der Waals surface area contributed by atoms with Gasteiger partial charge in [-0.05, 0) is 70.9 Å². The highest BCUT2D eigenvalue weighted by atomic mass is 79.9. The number of aliphatic hydroxyl groups excluding tert-OH is 1. The Morgan fingerprint density at radius 1 is 1.00 bits per heavy atom. The molecule has 0 saturated heterocycles. The average molecular weight is 427 g/mol. The summed E-state index contributed by atoms with van der Waals surface area (Å²) in [7, 11) is 0. The maximum Gasteiger partial charge on any atom is 0.106 e. The monoisotopic (exact) mass is 424 g/mol. The van der Waals surface area contributed by atoms with Gasteiger partial charge in [-0.15, -0.1) is 0 Å². The van der Waals surface area contributed by atoms with Crippen molar-refractivity contribution >= 4 is 59.1 Å². The fourth-order valence-electron chi connectivity index (χ4n) is 1.35. The van der Waals surface area contributed by atoms with E-state index in [1.54, 1.807) is 11.3 Å². The molecule has 0 aliphatic rings. The lowest BCUT2D eigenvalue weighted by atomic mass is 10.0. The van der Waals surface area contributed by atoms with Crippen LogP contribution >= 0.6 is 59.1 Å². The lowest BCUT2D eigenvalue weighted by Gasteiger charge is -2.11. The minimum Gasteiger partial charge on any atom is -0.384 e. The number of benzene rings is 1. The summed E-state index contributed by atoms with van der Waals surface area (Å²) in [6, 6.07) is 5.74. The Labute approximate surface area is 123 Å². The molecule has 0 aliphatic heterocycles. The molecular weight excluding hydrogens is 420 g/mol. The van der Waals surface area contributed by atoms with Gasteiger partial charge >= 0.3 is 0 Å². The zero-order valence-electron chi connectivity index (χ0n) is 7.95. The van der Waals surface area contributed by atoms with Crippen LogP contribution in [0.4, 0.5) is 0 Å². The van der Waals surface area contributed by atoms with Crippen LogP contribution in [0.15, 0.2) is 42.4 Å². The third-order valence-electron chi connectivity index (χ3n) is 2.20. The van der Waals surface area contributed by atoms with E-state index in [2.05, 4.69) is 47.8 Å². The fourth-order valence-corrected chi connectivity index (χ4v) is 3.52. The van der Waals surface area contributed by atoms with Crippen LogP contribution in [0.5, 0.6) is 0 Å². The summed E-state index contributed by atoms with van der Waals surface area (Å²) < 4.78 is 2.87. The van der Waals surface area contributed by atoms with Crippen LogP contribution in [0.1, 0.15) is 17.2 Å². The van der Waals surface area contributed by atoms with Gasteiger partial charge in [-0.25, -0.2) is 0 Å². The molecule has 2 aromatic rings. The molecular formula is C11H7Br3OS. The lowest BCUT2D eigenvalue weighted by Crippen LogP contribution is -1.98. The molecule has 0 fully saturated rings. The topological polar surface area (TPSA) is 20.2 Å². The van der Waals surface area contributed by atoms with E-state index in [1.165, 1.54) is 0 Å². The van der Waals surface area contributed by atoms with Crippen LogP contribution < -0.4 is 0 Å². The van der Waals surface area contributed by atoms with Gasteiger partial charge in [0.1, 0.15) is 6.10 Å². The molecule has 1 nitrogen and oxygen atoms in total. The van der Waals surface area contributed by atoms with Gasteiger partial charge in [-0.3, -0.25) is 0 Å². The average Bonchev–Trinajstić information content (AvgIpc) is 2.67. The van der Waals surface area contributed by atoms with Crippen LogP contribution in [0, 0.1) is 0 Å². The predicted molar refractivity (Wildman–Crippen MR) is 77.9 cm³/mol. The highest BCUT2D eigenvalue weighted by Gasteiger charge is 2.15. The second-order valence-electron chi connectivity index (χ2n) is 3.25. The number of hydrogen-bond donors (Lipinski definition) is 1. The molecule has 0 amide bonds. The number of halogens is 3. The van der Waals surface area contributed by atoms with Crippen molar-refractivity contribution in [3.05, 3.63) is 53.5 Å². The van der Waals surface area contributed by atoms with E-state index in [9.17, 15) is 5.11 Å². The number of aliphatic hydroxyl groups is 1. The van der Waals surface area contributed by atoms with E-state index in [4.69, 9.17) is 0 Å². The molecule has 0 saturated carbocycles. The van der Waals surface area contributed by atoms with Gasteiger partial charge in [0.25, 0.3) is 0 Å². The lowest BCUT2D eigenvalue weighted by molar-refractivity contribution is 0.220. The maximum absolute atomic E-state index is 10.2. The molecule has 1 aromatic heterocycles. The Bertz CT molecular complexity index is 510. The molecule has 1 unspecified atom stereocenters. The summed E-state index contributed by atoms with van der Waals surface area (Å²) >= 11 is 11.8. The standard InChI is InChI=1S/C11H7Br3OS/c12-8-2-1-6(3-9(8)13)11(15)7-4-16-5-10(7)14/h1-5,11,15H. The molecule has 2 rings (SSSR count). The Hall–Kier alpha value is 0.320. The van der Waals surface area contributed by atoms with Gasteiger partial charge in [0.05, 0.1) is 0 Å². The second kappa shape index (κ2) is 5.31. The van der Waals surface area contributed by atoms with Crippen molar-refractivity contribution in [1.82, 2.24) is 0 Å². The summed E-state index contributed by atoms with van der Waals surface area (Å²) in [4.78, 5) is 0. The van der Waals surface area contributed by atoms with Gasteiger partial charge in [0.2, 0.25) is 0 Å². The van der Waals surface area contributed by atoms with Crippen LogP contribution in [0.3, 0.4) is 0 Å². The first-order chi connectivity index (χ1) is 7.59. The normalized spacial score (nSPS) is 12.8. The van der Waals surface area contributed by atoms with E-state index in [1.807, 2.05) is 29.0 Å². The minimum atomic E-state index is -0.593. The van der Waals surface area contributed by atoms with Crippen molar-refractivity contribution in [2.75, 3.05) is 0 Å². The van der Waals surface area contributed by atoms with E-state index >= 15 is 0 Å². The van der Waals surface area contributed by atoms with Gasteiger partial charge in [0, 0.05) is 24.4 Å². The molecule has 1 heterocycles. The summed E-state index contributed by atoms with van der Waals surface area (Å²) in [5.74, 6) is 0. The molecule has 84 valence electrons. The van der Waals surface area contributed by atoms with Gasteiger partial charge in [0.15, 0.2) is 0 Å². The first-order valence-corrected chi connectivity index (χ1v) is 7.76. The third kappa shape index (κ3) is 2.59. The zero-order chi connectivity index (χ0) is 11.7. The van der Waals surface area contributed by atoms with Crippen LogP contribution in [-0.2, 0) is 0 Å². The SMILES string of the molecule is OC(c1ccc(Br)c(Br)c1)c1cscc1Br.